The fourth-order valence-corrected chi connectivity index (χ4v) is 2.15. The monoisotopic (exact) mass is 250 g/mol. The molecule has 5 nitrogen and oxygen atoms in total. The summed E-state index contributed by atoms with van der Waals surface area (Å²) in [7, 11) is 1.50. The predicted octanol–water partition coefficient (Wildman–Crippen LogP) is 0.619. The zero-order valence-electron chi connectivity index (χ0n) is 10.5. The van der Waals surface area contributed by atoms with Crippen molar-refractivity contribution in [3.63, 3.8) is 0 Å². The minimum atomic E-state index is 0.00339. The van der Waals surface area contributed by atoms with Crippen molar-refractivity contribution in [2.75, 3.05) is 33.3 Å². The van der Waals surface area contributed by atoms with Gasteiger partial charge in [-0.25, -0.2) is 0 Å². The smallest absolute Gasteiger partial charge is 0.160 e. The molecule has 0 atom stereocenters. The molecule has 0 aliphatic carbocycles. The largest absolute Gasteiger partial charge is 0.504 e. The van der Waals surface area contributed by atoms with Crippen molar-refractivity contribution >= 4 is 6.29 Å². The summed E-state index contributed by atoms with van der Waals surface area (Å²) in [4.78, 5) is 13.3. The first-order chi connectivity index (χ1) is 8.74. The second-order valence-electron chi connectivity index (χ2n) is 4.37. The van der Waals surface area contributed by atoms with E-state index in [4.69, 9.17) is 4.74 Å². The topological polar surface area (TPSA) is 61.8 Å². The van der Waals surface area contributed by atoms with Gasteiger partial charge in [0.2, 0.25) is 0 Å². The summed E-state index contributed by atoms with van der Waals surface area (Å²) in [6.45, 7) is 4.55. The Bertz CT molecular complexity index is 428. The fourth-order valence-electron chi connectivity index (χ4n) is 2.15. The highest BCUT2D eigenvalue weighted by molar-refractivity contribution is 5.79. The molecule has 0 radical (unpaired) electrons. The lowest BCUT2D eigenvalue weighted by molar-refractivity contribution is 0.112. The van der Waals surface area contributed by atoms with Gasteiger partial charge in [0, 0.05) is 38.3 Å². The third kappa shape index (κ3) is 2.80. The van der Waals surface area contributed by atoms with Crippen molar-refractivity contribution < 1.29 is 14.6 Å². The van der Waals surface area contributed by atoms with Crippen molar-refractivity contribution in [2.24, 2.45) is 0 Å². The first-order valence-electron chi connectivity index (χ1n) is 6.02. The Labute approximate surface area is 106 Å². The Hall–Kier alpha value is -1.59. The van der Waals surface area contributed by atoms with E-state index in [1.807, 2.05) is 0 Å². The van der Waals surface area contributed by atoms with Crippen LogP contribution in [-0.2, 0) is 6.54 Å². The predicted molar refractivity (Wildman–Crippen MR) is 68.2 cm³/mol. The maximum absolute atomic E-state index is 11.0. The number of aldehydes is 1. The number of rotatable bonds is 4. The number of ether oxygens (including phenoxy) is 1. The average molecular weight is 250 g/mol. The SMILES string of the molecule is COc1cc(CN2CCNCC2)c(C=O)cc1O. The van der Waals surface area contributed by atoms with Crippen LogP contribution in [0.15, 0.2) is 12.1 Å². The molecule has 1 aliphatic heterocycles. The van der Waals surface area contributed by atoms with Gasteiger partial charge in [0.1, 0.15) is 0 Å². The molecule has 2 N–H and O–H groups in total. The average Bonchev–Trinajstić information content (AvgIpc) is 2.41. The molecule has 0 amide bonds. The van der Waals surface area contributed by atoms with Gasteiger partial charge in [0.05, 0.1) is 7.11 Å². The normalized spacial score (nSPS) is 16.5. The number of phenols is 1. The molecule has 2 rings (SSSR count). The molecule has 1 aromatic rings. The molecule has 18 heavy (non-hydrogen) atoms. The molecule has 0 saturated carbocycles. The molecule has 0 unspecified atom stereocenters. The summed E-state index contributed by atoms with van der Waals surface area (Å²) in [5.41, 5.74) is 1.41. The van der Waals surface area contributed by atoms with E-state index < -0.39 is 0 Å². The minimum absolute atomic E-state index is 0.00339. The Morgan fingerprint density at radius 1 is 1.44 bits per heavy atom. The van der Waals surface area contributed by atoms with Gasteiger partial charge in [-0.15, -0.1) is 0 Å². The van der Waals surface area contributed by atoms with Gasteiger partial charge in [-0.05, 0) is 17.7 Å². The molecule has 98 valence electrons. The van der Waals surface area contributed by atoms with Crippen molar-refractivity contribution in [3.05, 3.63) is 23.3 Å². The lowest BCUT2D eigenvalue weighted by atomic mass is 10.1. The number of phenolic OH excluding ortho intramolecular Hbond substituents is 1. The Morgan fingerprint density at radius 2 is 2.17 bits per heavy atom. The Morgan fingerprint density at radius 3 is 2.78 bits per heavy atom. The van der Waals surface area contributed by atoms with Crippen LogP contribution in [0.5, 0.6) is 11.5 Å². The molecular weight excluding hydrogens is 232 g/mol. The summed E-state index contributed by atoms with van der Waals surface area (Å²) in [5.74, 6) is 0.411. The standard InChI is InChI=1S/C13H18N2O3/c1-18-13-7-10(11(9-16)6-12(13)17)8-15-4-2-14-3-5-15/h6-7,9,14,17H,2-5,8H2,1H3. The number of carbonyl (C=O) groups is 1. The van der Waals surface area contributed by atoms with Crippen LogP contribution in [0.3, 0.4) is 0 Å². The van der Waals surface area contributed by atoms with Crippen molar-refractivity contribution in [1.29, 1.82) is 0 Å². The zero-order valence-corrected chi connectivity index (χ0v) is 10.5. The van der Waals surface area contributed by atoms with E-state index in [2.05, 4.69) is 10.2 Å². The number of aromatic hydroxyl groups is 1. The van der Waals surface area contributed by atoms with Crippen molar-refractivity contribution in [2.45, 2.75) is 6.54 Å². The van der Waals surface area contributed by atoms with E-state index in [-0.39, 0.29) is 5.75 Å². The van der Waals surface area contributed by atoms with Crippen molar-refractivity contribution in [1.82, 2.24) is 10.2 Å². The van der Waals surface area contributed by atoms with Crippen LogP contribution in [0.1, 0.15) is 15.9 Å². The van der Waals surface area contributed by atoms with Gasteiger partial charge in [0.15, 0.2) is 17.8 Å². The second-order valence-corrected chi connectivity index (χ2v) is 4.37. The van der Waals surface area contributed by atoms with Gasteiger partial charge >= 0.3 is 0 Å². The zero-order chi connectivity index (χ0) is 13.0. The van der Waals surface area contributed by atoms with E-state index in [1.54, 1.807) is 6.07 Å². The fraction of sp³-hybridized carbons (Fsp3) is 0.462. The molecule has 1 fully saturated rings. The van der Waals surface area contributed by atoms with Gasteiger partial charge in [0.25, 0.3) is 0 Å². The molecule has 0 bridgehead atoms. The lowest BCUT2D eigenvalue weighted by Gasteiger charge is -2.27. The number of piperazine rings is 1. The first-order valence-corrected chi connectivity index (χ1v) is 6.02. The third-order valence-electron chi connectivity index (χ3n) is 3.17. The highest BCUT2D eigenvalue weighted by Crippen LogP contribution is 2.29. The summed E-state index contributed by atoms with van der Waals surface area (Å²) < 4.78 is 5.08. The second kappa shape index (κ2) is 5.84. The summed E-state index contributed by atoms with van der Waals surface area (Å²) in [6, 6.07) is 3.20. The maximum atomic E-state index is 11.0. The number of carbonyl (C=O) groups excluding carboxylic acids is 1. The number of benzene rings is 1. The lowest BCUT2D eigenvalue weighted by Crippen LogP contribution is -2.43. The highest BCUT2D eigenvalue weighted by Gasteiger charge is 2.14. The number of hydrogen-bond donors (Lipinski definition) is 2. The van der Waals surface area contributed by atoms with Gasteiger partial charge in [-0.1, -0.05) is 0 Å². The van der Waals surface area contributed by atoms with Crippen LogP contribution in [0.4, 0.5) is 0 Å². The number of nitrogens with zero attached hydrogens (tertiary/aromatic N) is 1. The highest BCUT2D eigenvalue weighted by atomic mass is 16.5. The summed E-state index contributed by atoms with van der Waals surface area (Å²) >= 11 is 0. The molecule has 1 saturated heterocycles. The van der Waals surface area contributed by atoms with Gasteiger partial charge < -0.3 is 15.2 Å². The Kier molecular flexibility index (Phi) is 4.17. The van der Waals surface area contributed by atoms with Crippen LogP contribution >= 0.6 is 0 Å². The van der Waals surface area contributed by atoms with Crippen LogP contribution in [0.25, 0.3) is 0 Å². The molecule has 0 aromatic heterocycles. The molecule has 5 heteroatoms. The van der Waals surface area contributed by atoms with Crippen LogP contribution in [0, 0.1) is 0 Å². The minimum Gasteiger partial charge on any atom is -0.504 e. The summed E-state index contributed by atoms with van der Waals surface area (Å²) in [5, 5.41) is 12.9. The van der Waals surface area contributed by atoms with E-state index in [1.165, 1.54) is 13.2 Å². The van der Waals surface area contributed by atoms with Gasteiger partial charge in [-0.3, -0.25) is 9.69 Å². The summed E-state index contributed by atoms with van der Waals surface area (Å²) in [6.07, 6.45) is 0.774. The maximum Gasteiger partial charge on any atom is 0.160 e. The van der Waals surface area contributed by atoms with Gasteiger partial charge in [-0.2, -0.15) is 0 Å². The van der Waals surface area contributed by atoms with E-state index in [9.17, 15) is 9.90 Å². The van der Waals surface area contributed by atoms with Crippen LogP contribution in [0.2, 0.25) is 0 Å². The molecule has 0 spiro atoms. The number of methoxy groups -OCH3 is 1. The number of hydrogen-bond acceptors (Lipinski definition) is 5. The van der Waals surface area contributed by atoms with Crippen LogP contribution < -0.4 is 10.1 Å². The Balaban J connectivity index is 2.21. The van der Waals surface area contributed by atoms with Crippen molar-refractivity contribution in [3.8, 4) is 11.5 Å². The number of nitrogens with one attached hydrogen (secondary N) is 1. The van der Waals surface area contributed by atoms with E-state index in [0.717, 1.165) is 38.0 Å². The molecular formula is C13H18N2O3. The molecule has 1 aliphatic rings. The first kappa shape index (κ1) is 12.9. The molecule has 1 aromatic carbocycles. The third-order valence-corrected chi connectivity index (χ3v) is 3.17. The van der Waals surface area contributed by atoms with Crippen LogP contribution in [-0.4, -0.2) is 49.6 Å². The van der Waals surface area contributed by atoms with E-state index >= 15 is 0 Å². The molecule has 1 heterocycles. The quantitative estimate of drug-likeness (QED) is 0.767. The van der Waals surface area contributed by atoms with E-state index in [0.29, 0.717) is 17.9 Å².